The summed E-state index contributed by atoms with van der Waals surface area (Å²) in [7, 11) is 1.97. The Morgan fingerprint density at radius 2 is 2.38 bits per heavy atom. The molecule has 0 bridgehead atoms. The van der Waals surface area contributed by atoms with Crippen LogP contribution in [0.15, 0.2) is 17.6 Å². The highest BCUT2D eigenvalue weighted by Gasteiger charge is 2.00. The van der Waals surface area contributed by atoms with Crippen LogP contribution in [0.1, 0.15) is 16.4 Å². The zero-order chi connectivity index (χ0) is 11.4. The second kappa shape index (κ2) is 5.23. The first-order valence-corrected chi connectivity index (χ1v) is 6.22. The number of hydrogen-bond acceptors (Lipinski definition) is 4. The second-order valence-corrected chi connectivity index (χ2v) is 4.70. The summed E-state index contributed by atoms with van der Waals surface area (Å²) in [5.41, 5.74) is 2.36. The van der Waals surface area contributed by atoms with E-state index in [0.717, 1.165) is 30.2 Å². The topological polar surface area (TPSA) is 42.7 Å². The highest BCUT2D eigenvalue weighted by molar-refractivity contribution is 7.09. The Morgan fingerprint density at radius 3 is 3.00 bits per heavy atom. The maximum Gasteiger partial charge on any atom is 0.107 e. The van der Waals surface area contributed by atoms with Gasteiger partial charge in [0, 0.05) is 49.5 Å². The number of rotatable bonds is 5. The zero-order valence-electron chi connectivity index (χ0n) is 9.60. The van der Waals surface area contributed by atoms with Crippen molar-refractivity contribution in [3.05, 3.63) is 34.0 Å². The first kappa shape index (κ1) is 11.3. The van der Waals surface area contributed by atoms with Gasteiger partial charge < -0.3 is 5.32 Å². The predicted molar refractivity (Wildman–Crippen MR) is 65.5 cm³/mol. The third-order valence-corrected chi connectivity index (χ3v) is 3.39. The van der Waals surface area contributed by atoms with Gasteiger partial charge in [0.05, 0.1) is 0 Å². The summed E-state index contributed by atoms with van der Waals surface area (Å²) in [5.74, 6) is 0. The zero-order valence-corrected chi connectivity index (χ0v) is 10.4. The summed E-state index contributed by atoms with van der Waals surface area (Å²) in [6.45, 7) is 3.84. The van der Waals surface area contributed by atoms with Crippen LogP contribution < -0.4 is 5.32 Å². The number of aryl methyl sites for hydroxylation is 2. The minimum Gasteiger partial charge on any atom is -0.310 e. The molecule has 16 heavy (non-hydrogen) atoms. The maximum absolute atomic E-state index is 4.40. The molecule has 2 rings (SSSR count). The fourth-order valence-electron chi connectivity index (χ4n) is 1.54. The number of thiazole rings is 1. The quantitative estimate of drug-likeness (QED) is 0.800. The van der Waals surface area contributed by atoms with Crippen LogP contribution in [0, 0.1) is 6.92 Å². The van der Waals surface area contributed by atoms with E-state index in [1.807, 2.05) is 24.9 Å². The molecule has 86 valence electrons. The number of nitrogens with one attached hydrogen (secondary N) is 1. The van der Waals surface area contributed by atoms with Gasteiger partial charge in [-0.05, 0) is 13.0 Å². The molecule has 0 fully saturated rings. The van der Waals surface area contributed by atoms with E-state index < -0.39 is 0 Å². The number of nitrogens with zero attached hydrogens (tertiary/aromatic N) is 3. The van der Waals surface area contributed by atoms with Gasteiger partial charge in [0.1, 0.15) is 5.01 Å². The predicted octanol–water partition coefficient (Wildman–Crippen LogP) is 1.52. The van der Waals surface area contributed by atoms with Gasteiger partial charge in [0.15, 0.2) is 0 Å². The molecule has 1 N–H and O–H groups in total. The summed E-state index contributed by atoms with van der Waals surface area (Å²) >= 11 is 1.71. The normalized spacial score (nSPS) is 10.9. The highest BCUT2D eigenvalue weighted by atomic mass is 32.1. The van der Waals surface area contributed by atoms with Gasteiger partial charge in [-0.25, -0.2) is 4.98 Å². The first-order valence-electron chi connectivity index (χ1n) is 5.34. The van der Waals surface area contributed by atoms with E-state index in [1.165, 1.54) is 5.69 Å². The van der Waals surface area contributed by atoms with Crippen LogP contribution in [0.5, 0.6) is 0 Å². The van der Waals surface area contributed by atoms with Crippen molar-refractivity contribution in [2.24, 2.45) is 7.05 Å². The Balaban J connectivity index is 1.71. The number of hydrogen-bond donors (Lipinski definition) is 1. The molecule has 5 heteroatoms. The van der Waals surface area contributed by atoms with Crippen molar-refractivity contribution in [2.75, 3.05) is 6.54 Å². The van der Waals surface area contributed by atoms with Crippen molar-refractivity contribution in [3.63, 3.8) is 0 Å². The molecule has 0 aliphatic heterocycles. The molecule has 0 aliphatic rings. The molecule has 0 atom stereocenters. The molecule has 0 aliphatic carbocycles. The van der Waals surface area contributed by atoms with E-state index in [2.05, 4.69) is 26.8 Å². The van der Waals surface area contributed by atoms with Crippen molar-refractivity contribution in [1.29, 1.82) is 0 Å². The molecule has 4 nitrogen and oxygen atoms in total. The standard InChI is InChI=1S/C11H16N4S/c1-9-8-16-11(14-9)7-12-5-3-10-4-6-13-15(10)2/h4,6,8,12H,3,5,7H2,1-2H3. The molecule has 2 aromatic rings. The van der Waals surface area contributed by atoms with Crippen LogP contribution in [0.2, 0.25) is 0 Å². The molecule has 0 radical (unpaired) electrons. The summed E-state index contributed by atoms with van der Waals surface area (Å²) < 4.78 is 1.91. The van der Waals surface area contributed by atoms with Crippen LogP contribution in [0.25, 0.3) is 0 Å². The van der Waals surface area contributed by atoms with E-state index in [9.17, 15) is 0 Å². The van der Waals surface area contributed by atoms with E-state index in [4.69, 9.17) is 0 Å². The van der Waals surface area contributed by atoms with Gasteiger partial charge in [-0.15, -0.1) is 11.3 Å². The Bertz CT molecular complexity index is 446. The Hall–Kier alpha value is -1.20. The largest absolute Gasteiger partial charge is 0.310 e. The van der Waals surface area contributed by atoms with Crippen molar-refractivity contribution >= 4 is 11.3 Å². The SMILES string of the molecule is Cc1csc(CNCCc2ccnn2C)n1. The lowest BCUT2D eigenvalue weighted by Crippen LogP contribution is -2.17. The third kappa shape index (κ3) is 2.90. The van der Waals surface area contributed by atoms with Gasteiger partial charge in [-0.2, -0.15) is 5.10 Å². The van der Waals surface area contributed by atoms with E-state index >= 15 is 0 Å². The lowest BCUT2D eigenvalue weighted by Gasteiger charge is -2.03. The van der Waals surface area contributed by atoms with Crippen molar-refractivity contribution < 1.29 is 0 Å². The lowest BCUT2D eigenvalue weighted by molar-refractivity contribution is 0.641. The van der Waals surface area contributed by atoms with Crippen LogP contribution in [0.4, 0.5) is 0 Å². The Morgan fingerprint density at radius 1 is 1.50 bits per heavy atom. The molecule has 0 aromatic carbocycles. The van der Waals surface area contributed by atoms with E-state index in [0.29, 0.717) is 0 Å². The molecule has 0 saturated carbocycles. The molecular formula is C11H16N4S. The molecule has 2 aromatic heterocycles. The molecule has 2 heterocycles. The third-order valence-electron chi connectivity index (χ3n) is 2.42. The Labute approximate surface area is 99.3 Å². The average molecular weight is 236 g/mol. The smallest absolute Gasteiger partial charge is 0.107 e. The van der Waals surface area contributed by atoms with E-state index in [1.54, 1.807) is 11.3 Å². The van der Waals surface area contributed by atoms with Crippen molar-refractivity contribution in [3.8, 4) is 0 Å². The molecule has 0 spiro atoms. The van der Waals surface area contributed by atoms with Gasteiger partial charge in [0.2, 0.25) is 0 Å². The minimum atomic E-state index is 0.857. The van der Waals surface area contributed by atoms with Gasteiger partial charge >= 0.3 is 0 Å². The summed E-state index contributed by atoms with van der Waals surface area (Å²) in [5, 5.41) is 10.8. The van der Waals surface area contributed by atoms with Crippen LogP contribution in [0.3, 0.4) is 0 Å². The van der Waals surface area contributed by atoms with Crippen LogP contribution in [-0.4, -0.2) is 21.3 Å². The monoisotopic (exact) mass is 236 g/mol. The summed E-state index contributed by atoms with van der Waals surface area (Å²) in [6.07, 6.45) is 2.83. The van der Waals surface area contributed by atoms with Crippen molar-refractivity contribution in [2.45, 2.75) is 19.9 Å². The van der Waals surface area contributed by atoms with E-state index in [-0.39, 0.29) is 0 Å². The van der Waals surface area contributed by atoms with Gasteiger partial charge in [-0.3, -0.25) is 4.68 Å². The minimum absolute atomic E-state index is 0.857. The molecular weight excluding hydrogens is 220 g/mol. The Kier molecular flexibility index (Phi) is 3.69. The molecule has 0 unspecified atom stereocenters. The van der Waals surface area contributed by atoms with Crippen LogP contribution >= 0.6 is 11.3 Å². The van der Waals surface area contributed by atoms with Crippen LogP contribution in [-0.2, 0) is 20.0 Å². The van der Waals surface area contributed by atoms with Gasteiger partial charge in [0.25, 0.3) is 0 Å². The number of aromatic nitrogens is 3. The second-order valence-electron chi connectivity index (χ2n) is 3.76. The summed E-state index contributed by atoms with van der Waals surface area (Å²) in [4.78, 5) is 4.40. The highest BCUT2D eigenvalue weighted by Crippen LogP contribution is 2.07. The fraction of sp³-hybridized carbons (Fsp3) is 0.455. The molecule has 0 amide bonds. The van der Waals surface area contributed by atoms with Crippen molar-refractivity contribution in [1.82, 2.24) is 20.1 Å². The first-order chi connectivity index (χ1) is 7.75. The average Bonchev–Trinajstić information content (AvgIpc) is 2.83. The fourth-order valence-corrected chi connectivity index (χ4v) is 2.28. The molecule has 0 saturated heterocycles. The lowest BCUT2D eigenvalue weighted by atomic mass is 10.3. The van der Waals surface area contributed by atoms with Gasteiger partial charge in [-0.1, -0.05) is 0 Å². The summed E-state index contributed by atoms with van der Waals surface area (Å²) in [6, 6.07) is 2.05. The maximum atomic E-state index is 4.40.